The minimum Gasteiger partial charge on any atom is -0.496 e. The number of benzene rings is 4. The molecule has 202 valence electrons. The number of methoxy groups -OCH3 is 1. The van der Waals surface area contributed by atoms with Gasteiger partial charge in [0.05, 0.1) is 24.2 Å². The first-order valence-electron chi connectivity index (χ1n) is 12.9. The number of aromatic nitrogens is 2. The number of aliphatic carboxylic acids is 1. The number of carboxylic acid groups (broad SMARTS) is 1. The minimum atomic E-state index is -1.09. The average molecular weight is 536 g/mol. The highest BCUT2D eigenvalue weighted by Gasteiger charge is 2.19. The van der Waals surface area contributed by atoms with E-state index in [2.05, 4.69) is 18.9 Å². The second-order valence-corrected chi connectivity index (χ2v) is 9.76. The zero-order chi connectivity index (χ0) is 28.4. The first-order chi connectivity index (χ1) is 19.3. The Morgan fingerprint density at radius 1 is 1.02 bits per heavy atom. The van der Waals surface area contributed by atoms with Crippen molar-refractivity contribution in [2.24, 2.45) is 5.10 Å². The number of rotatable bonds is 8. The first kappa shape index (κ1) is 26.6. The summed E-state index contributed by atoms with van der Waals surface area (Å²) in [7, 11) is 1.64. The molecule has 40 heavy (non-hydrogen) atoms. The van der Waals surface area contributed by atoms with Gasteiger partial charge in [-0.05, 0) is 65.1 Å². The number of carbonyl (C=O) groups is 1. The highest BCUT2D eigenvalue weighted by atomic mass is 16.5. The minimum absolute atomic E-state index is 0.169. The Kier molecular flexibility index (Phi) is 7.33. The van der Waals surface area contributed by atoms with Crippen LogP contribution in [0.25, 0.3) is 33.1 Å². The highest BCUT2D eigenvalue weighted by Crippen LogP contribution is 2.34. The molecule has 0 aliphatic rings. The molecule has 0 saturated heterocycles. The van der Waals surface area contributed by atoms with E-state index in [9.17, 15) is 14.7 Å². The predicted molar refractivity (Wildman–Crippen MR) is 157 cm³/mol. The molecule has 5 rings (SSSR count). The highest BCUT2D eigenvalue weighted by molar-refractivity contribution is 6.02. The number of fused-ring (bicyclic) bond motifs is 2. The van der Waals surface area contributed by atoms with Crippen LogP contribution in [0.5, 0.6) is 11.5 Å². The van der Waals surface area contributed by atoms with E-state index in [1.54, 1.807) is 31.4 Å². The van der Waals surface area contributed by atoms with Crippen molar-refractivity contribution >= 4 is 33.9 Å². The lowest BCUT2D eigenvalue weighted by Crippen LogP contribution is -2.21. The van der Waals surface area contributed by atoms with Gasteiger partial charge in [-0.2, -0.15) is 9.78 Å². The Balaban J connectivity index is 1.77. The molecule has 0 spiro atoms. The molecule has 0 unspecified atom stereocenters. The van der Waals surface area contributed by atoms with Crippen molar-refractivity contribution in [3.63, 3.8) is 0 Å². The normalized spacial score (nSPS) is 11.5. The summed E-state index contributed by atoms with van der Waals surface area (Å²) in [5.74, 6) is 0.573. The number of carboxylic acids is 1. The molecule has 0 radical (unpaired) electrons. The lowest BCUT2D eigenvalue weighted by molar-refractivity contribution is -0.139. The largest absolute Gasteiger partial charge is 0.496 e. The monoisotopic (exact) mass is 535 g/mol. The van der Waals surface area contributed by atoms with Crippen molar-refractivity contribution in [3.8, 4) is 22.9 Å². The Morgan fingerprint density at radius 2 is 1.75 bits per heavy atom. The summed E-state index contributed by atoms with van der Waals surface area (Å²) in [4.78, 5) is 29.9. The van der Waals surface area contributed by atoms with Crippen LogP contribution < -0.4 is 15.0 Å². The molecule has 1 aromatic heterocycles. The van der Waals surface area contributed by atoms with Crippen molar-refractivity contribution in [1.82, 2.24) is 9.66 Å². The topological polar surface area (TPSA) is 103 Å². The maximum atomic E-state index is 13.8. The van der Waals surface area contributed by atoms with Crippen molar-refractivity contribution < 1.29 is 19.4 Å². The molecule has 1 N–H and O–H groups in total. The molecule has 4 aromatic carbocycles. The quantitative estimate of drug-likeness (QED) is 0.244. The fraction of sp³-hybridized carbons (Fsp3) is 0.188. The van der Waals surface area contributed by atoms with Crippen LogP contribution in [-0.2, 0) is 4.79 Å². The van der Waals surface area contributed by atoms with Gasteiger partial charge >= 0.3 is 5.97 Å². The molecule has 0 bridgehead atoms. The van der Waals surface area contributed by atoms with E-state index in [0.717, 1.165) is 33.2 Å². The van der Waals surface area contributed by atoms with Crippen molar-refractivity contribution in [3.05, 3.63) is 99.8 Å². The summed E-state index contributed by atoms with van der Waals surface area (Å²) < 4.78 is 12.5. The van der Waals surface area contributed by atoms with Crippen LogP contribution >= 0.6 is 0 Å². The maximum absolute atomic E-state index is 13.8. The Hall–Kier alpha value is -4.98. The molecule has 5 aromatic rings. The lowest BCUT2D eigenvalue weighted by atomic mass is 9.96. The van der Waals surface area contributed by atoms with Crippen molar-refractivity contribution in [2.45, 2.75) is 26.7 Å². The smallest absolute Gasteiger partial charge is 0.341 e. The molecule has 0 atom stereocenters. The van der Waals surface area contributed by atoms with Crippen LogP contribution in [0.15, 0.2) is 82.7 Å². The van der Waals surface area contributed by atoms with E-state index in [1.807, 2.05) is 55.5 Å². The van der Waals surface area contributed by atoms with Crippen LogP contribution in [0.1, 0.15) is 36.5 Å². The molecule has 8 heteroatoms. The van der Waals surface area contributed by atoms with Gasteiger partial charge in [-0.3, -0.25) is 4.79 Å². The zero-order valence-corrected chi connectivity index (χ0v) is 22.7. The van der Waals surface area contributed by atoms with Crippen LogP contribution in [-0.4, -0.2) is 40.7 Å². The molecule has 0 saturated carbocycles. The van der Waals surface area contributed by atoms with Gasteiger partial charge in [0.1, 0.15) is 11.5 Å². The molecule has 0 aliphatic carbocycles. The molecular weight excluding hydrogens is 506 g/mol. The summed E-state index contributed by atoms with van der Waals surface area (Å²) in [6, 6.07) is 22.3. The molecule has 1 heterocycles. The van der Waals surface area contributed by atoms with E-state index >= 15 is 0 Å². The number of nitrogens with zero attached hydrogens (tertiary/aromatic N) is 3. The molecule has 8 nitrogen and oxygen atoms in total. The standard InChI is InChI=1S/C32H29N3O5/c1-19(2)24-16-25(20(3)15-29(24)39-4)31-34-27-12-8-7-11-23(27)32(38)35(31)33-17-26-22-10-6-5-9-21(22)13-14-28(26)40-18-30(36)37/h5-17,19H,18H2,1-4H3,(H,36,37). The third kappa shape index (κ3) is 5.03. The van der Waals surface area contributed by atoms with Gasteiger partial charge in [-0.1, -0.05) is 56.3 Å². The van der Waals surface area contributed by atoms with Crippen LogP contribution in [0.3, 0.4) is 0 Å². The molecule has 0 aliphatic heterocycles. The Bertz CT molecular complexity index is 1840. The number of aryl methyl sites for hydroxylation is 1. The Labute approximate surface area is 231 Å². The third-order valence-corrected chi connectivity index (χ3v) is 6.78. The summed E-state index contributed by atoms with van der Waals surface area (Å²) in [6.45, 7) is 5.59. The molecular formula is C32H29N3O5. The molecule has 0 amide bonds. The van der Waals surface area contributed by atoms with E-state index in [-0.39, 0.29) is 11.5 Å². The number of para-hydroxylation sites is 1. The van der Waals surface area contributed by atoms with E-state index in [1.165, 1.54) is 10.9 Å². The lowest BCUT2D eigenvalue weighted by Gasteiger charge is -2.17. The van der Waals surface area contributed by atoms with Gasteiger partial charge in [-0.25, -0.2) is 9.78 Å². The Morgan fingerprint density at radius 3 is 2.48 bits per heavy atom. The van der Waals surface area contributed by atoms with E-state index in [4.69, 9.17) is 14.5 Å². The summed E-state index contributed by atoms with van der Waals surface area (Å²) in [5, 5.41) is 16.0. The number of hydrogen-bond donors (Lipinski definition) is 1. The summed E-state index contributed by atoms with van der Waals surface area (Å²) in [6.07, 6.45) is 1.53. The van der Waals surface area contributed by atoms with Crippen LogP contribution in [0.2, 0.25) is 0 Å². The van der Waals surface area contributed by atoms with Gasteiger partial charge in [0, 0.05) is 11.1 Å². The van der Waals surface area contributed by atoms with Gasteiger partial charge in [0.2, 0.25) is 0 Å². The van der Waals surface area contributed by atoms with Crippen LogP contribution in [0, 0.1) is 6.92 Å². The predicted octanol–water partition coefficient (Wildman–Crippen LogP) is 6.00. The first-order valence-corrected chi connectivity index (χ1v) is 12.9. The number of hydrogen-bond acceptors (Lipinski definition) is 6. The van der Waals surface area contributed by atoms with Gasteiger partial charge in [-0.15, -0.1) is 0 Å². The zero-order valence-electron chi connectivity index (χ0n) is 22.7. The molecule has 0 fully saturated rings. The van der Waals surface area contributed by atoms with Crippen molar-refractivity contribution in [2.75, 3.05) is 13.7 Å². The van der Waals surface area contributed by atoms with Crippen molar-refractivity contribution in [1.29, 1.82) is 0 Å². The number of ether oxygens (including phenoxy) is 2. The third-order valence-electron chi connectivity index (χ3n) is 6.78. The second kappa shape index (κ2) is 11.0. The second-order valence-electron chi connectivity index (χ2n) is 9.76. The van der Waals surface area contributed by atoms with Gasteiger partial charge in [0.25, 0.3) is 5.56 Å². The van der Waals surface area contributed by atoms with E-state index in [0.29, 0.717) is 28.0 Å². The van der Waals surface area contributed by atoms with Gasteiger partial charge in [0.15, 0.2) is 12.4 Å². The fourth-order valence-corrected chi connectivity index (χ4v) is 4.76. The van der Waals surface area contributed by atoms with Crippen LogP contribution in [0.4, 0.5) is 0 Å². The fourth-order valence-electron chi connectivity index (χ4n) is 4.76. The summed E-state index contributed by atoms with van der Waals surface area (Å²) in [5.41, 5.74) is 3.41. The SMILES string of the molecule is COc1cc(C)c(-c2nc3ccccc3c(=O)n2N=Cc2c(OCC(=O)O)ccc3ccccc23)cc1C(C)C. The van der Waals surface area contributed by atoms with Gasteiger partial charge < -0.3 is 14.6 Å². The summed E-state index contributed by atoms with van der Waals surface area (Å²) >= 11 is 0. The van der Waals surface area contributed by atoms with E-state index < -0.39 is 12.6 Å². The average Bonchev–Trinajstić information content (AvgIpc) is 2.95. The maximum Gasteiger partial charge on any atom is 0.341 e.